The third kappa shape index (κ3) is 3.69. The van der Waals surface area contributed by atoms with Crippen molar-refractivity contribution in [2.75, 3.05) is 14.2 Å². The zero-order chi connectivity index (χ0) is 16.4. The monoisotopic (exact) mass is 334 g/mol. The van der Waals surface area contributed by atoms with Gasteiger partial charge in [-0.15, -0.1) is 0 Å². The molecule has 0 saturated carbocycles. The summed E-state index contributed by atoms with van der Waals surface area (Å²) in [5.41, 5.74) is 6.21. The summed E-state index contributed by atoms with van der Waals surface area (Å²) < 4.78 is 32.2. The van der Waals surface area contributed by atoms with Crippen molar-refractivity contribution in [2.24, 2.45) is 11.7 Å². The van der Waals surface area contributed by atoms with E-state index in [1.54, 1.807) is 13.1 Å². The highest BCUT2D eigenvalue weighted by molar-refractivity contribution is 7.89. The summed E-state index contributed by atoms with van der Waals surface area (Å²) in [6.45, 7) is 5.95. The van der Waals surface area contributed by atoms with Gasteiger partial charge < -0.3 is 10.5 Å². The number of methoxy groups -OCH3 is 1. The molecule has 0 aliphatic rings. The topological polar surface area (TPSA) is 72.6 Å². The van der Waals surface area contributed by atoms with Crippen LogP contribution in [0.25, 0.3) is 0 Å². The molecule has 1 atom stereocenters. The van der Waals surface area contributed by atoms with Crippen molar-refractivity contribution in [1.29, 1.82) is 0 Å². The second kappa shape index (κ2) is 6.96. The molecule has 1 aromatic carbocycles. The molecule has 1 unspecified atom stereocenters. The van der Waals surface area contributed by atoms with E-state index in [0.717, 1.165) is 0 Å². The van der Waals surface area contributed by atoms with E-state index >= 15 is 0 Å². The molecule has 0 bridgehead atoms. The Labute approximate surface area is 132 Å². The molecule has 1 aromatic rings. The number of ether oxygens (including phenoxy) is 1. The molecule has 21 heavy (non-hydrogen) atoms. The van der Waals surface area contributed by atoms with E-state index in [4.69, 9.17) is 22.1 Å². The lowest BCUT2D eigenvalue weighted by molar-refractivity contribution is 0.313. The minimum Gasteiger partial charge on any atom is -0.495 e. The standard InChI is InChI=1S/C14H23ClN2O3S/c1-9(2)10(3)17(4)21(18,19)13-7-12(15)6-11(8-16)14(13)20-5/h6-7,9-10H,8,16H2,1-5H3. The second-order valence-corrected chi connectivity index (χ2v) is 7.71. The molecule has 0 aliphatic heterocycles. The Morgan fingerprint density at radius 1 is 1.33 bits per heavy atom. The van der Waals surface area contributed by atoms with Gasteiger partial charge in [0.05, 0.1) is 7.11 Å². The number of benzene rings is 1. The number of rotatable bonds is 6. The minimum absolute atomic E-state index is 0.0490. The van der Waals surface area contributed by atoms with Gasteiger partial charge in [-0.25, -0.2) is 8.42 Å². The van der Waals surface area contributed by atoms with E-state index in [1.807, 2.05) is 20.8 Å². The van der Waals surface area contributed by atoms with Gasteiger partial charge in [0.1, 0.15) is 10.6 Å². The molecular formula is C14H23ClN2O3S. The zero-order valence-electron chi connectivity index (χ0n) is 13.1. The number of halogens is 1. The summed E-state index contributed by atoms with van der Waals surface area (Å²) >= 11 is 6.02. The molecular weight excluding hydrogens is 312 g/mol. The van der Waals surface area contributed by atoms with Crippen molar-refractivity contribution >= 4 is 21.6 Å². The van der Waals surface area contributed by atoms with Gasteiger partial charge in [-0.05, 0) is 25.0 Å². The second-order valence-electron chi connectivity index (χ2n) is 5.31. The van der Waals surface area contributed by atoms with Crippen LogP contribution in [0, 0.1) is 5.92 Å². The lowest BCUT2D eigenvalue weighted by Crippen LogP contribution is -2.38. The molecule has 1 rings (SSSR count). The smallest absolute Gasteiger partial charge is 0.246 e. The number of hydrogen-bond donors (Lipinski definition) is 1. The highest BCUT2D eigenvalue weighted by atomic mass is 35.5. The van der Waals surface area contributed by atoms with Gasteiger partial charge in [-0.3, -0.25) is 0 Å². The first-order valence-corrected chi connectivity index (χ1v) is 8.53. The molecule has 0 amide bonds. The molecule has 0 heterocycles. The fourth-order valence-electron chi connectivity index (χ4n) is 1.99. The summed E-state index contributed by atoms with van der Waals surface area (Å²) in [5, 5.41) is 0.320. The molecule has 7 heteroatoms. The maximum Gasteiger partial charge on any atom is 0.246 e. The third-order valence-electron chi connectivity index (χ3n) is 3.72. The Hall–Kier alpha value is -0.820. The third-order valence-corrected chi connectivity index (χ3v) is 5.88. The summed E-state index contributed by atoms with van der Waals surface area (Å²) in [5.74, 6) is 0.439. The van der Waals surface area contributed by atoms with Crippen molar-refractivity contribution in [3.05, 3.63) is 22.7 Å². The fraction of sp³-hybridized carbons (Fsp3) is 0.571. The van der Waals surface area contributed by atoms with E-state index < -0.39 is 10.0 Å². The number of nitrogens with zero attached hydrogens (tertiary/aromatic N) is 1. The van der Waals surface area contributed by atoms with Crippen LogP contribution in [0.4, 0.5) is 0 Å². The van der Waals surface area contributed by atoms with Gasteiger partial charge in [-0.2, -0.15) is 4.31 Å². The SMILES string of the molecule is COc1c(CN)cc(Cl)cc1S(=O)(=O)N(C)C(C)C(C)C. The van der Waals surface area contributed by atoms with Crippen LogP contribution in [0.3, 0.4) is 0 Å². The van der Waals surface area contributed by atoms with E-state index in [-0.39, 0.29) is 29.1 Å². The molecule has 0 aliphatic carbocycles. The van der Waals surface area contributed by atoms with Crippen LogP contribution in [0.5, 0.6) is 5.75 Å². The Balaban J connectivity index is 3.47. The van der Waals surface area contributed by atoms with E-state index in [0.29, 0.717) is 10.6 Å². The van der Waals surface area contributed by atoms with Crippen LogP contribution >= 0.6 is 11.6 Å². The maximum atomic E-state index is 12.8. The van der Waals surface area contributed by atoms with Crippen molar-refractivity contribution < 1.29 is 13.2 Å². The van der Waals surface area contributed by atoms with Crippen molar-refractivity contribution in [2.45, 2.75) is 38.3 Å². The lowest BCUT2D eigenvalue weighted by atomic mass is 10.1. The van der Waals surface area contributed by atoms with Crippen LogP contribution in [-0.4, -0.2) is 32.9 Å². The Morgan fingerprint density at radius 2 is 1.90 bits per heavy atom. The number of nitrogens with two attached hydrogens (primary N) is 1. The van der Waals surface area contributed by atoms with Crippen molar-refractivity contribution in [3.63, 3.8) is 0 Å². The number of hydrogen-bond acceptors (Lipinski definition) is 4. The largest absolute Gasteiger partial charge is 0.495 e. The summed E-state index contributed by atoms with van der Waals surface area (Å²) in [4.78, 5) is 0.0490. The maximum absolute atomic E-state index is 12.8. The van der Waals surface area contributed by atoms with Gasteiger partial charge in [0, 0.05) is 30.2 Å². The predicted molar refractivity (Wildman–Crippen MR) is 85.1 cm³/mol. The van der Waals surface area contributed by atoms with E-state index in [2.05, 4.69) is 0 Å². The molecule has 0 fully saturated rings. The number of sulfonamides is 1. The minimum atomic E-state index is -3.71. The summed E-state index contributed by atoms with van der Waals surface area (Å²) in [6, 6.07) is 2.86. The normalized spacial score (nSPS) is 13.8. The highest BCUT2D eigenvalue weighted by Crippen LogP contribution is 2.34. The fourth-order valence-corrected chi connectivity index (χ4v) is 4.01. The quantitative estimate of drug-likeness (QED) is 0.867. The van der Waals surface area contributed by atoms with Crippen molar-refractivity contribution in [3.8, 4) is 5.75 Å². The van der Waals surface area contributed by atoms with Crippen LogP contribution in [0.1, 0.15) is 26.3 Å². The Kier molecular flexibility index (Phi) is 6.04. The van der Waals surface area contributed by atoms with Crippen LogP contribution in [0.15, 0.2) is 17.0 Å². The molecule has 2 N–H and O–H groups in total. The highest BCUT2D eigenvalue weighted by Gasteiger charge is 2.31. The first-order chi connectivity index (χ1) is 9.66. The molecule has 120 valence electrons. The van der Waals surface area contributed by atoms with E-state index in [9.17, 15) is 8.42 Å². The van der Waals surface area contributed by atoms with Gasteiger partial charge in [-0.1, -0.05) is 25.4 Å². The van der Waals surface area contributed by atoms with Gasteiger partial charge in [0.2, 0.25) is 10.0 Å². The van der Waals surface area contributed by atoms with Gasteiger partial charge in [0.25, 0.3) is 0 Å². The van der Waals surface area contributed by atoms with Crippen LogP contribution in [0.2, 0.25) is 5.02 Å². The molecule has 0 saturated heterocycles. The Morgan fingerprint density at radius 3 is 2.33 bits per heavy atom. The Bertz CT molecular complexity index is 602. The average Bonchev–Trinajstić information content (AvgIpc) is 2.44. The van der Waals surface area contributed by atoms with Crippen molar-refractivity contribution in [1.82, 2.24) is 4.31 Å². The van der Waals surface area contributed by atoms with E-state index in [1.165, 1.54) is 17.5 Å². The van der Waals surface area contributed by atoms with Gasteiger partial charge >= 0.3 is 0 Å². The molecule has 5 nitrogen and oxygen atoms in total. The zero-order valence-corrected chi connectivity index (χ0v) is 14.6. The molecule has 0 aromatic heterocycles. The predicted octanol–water partition coefficient (Wildman–Crippen LogP) is 2.47. The van der Waals surface area contributed by atoms with Gasteiger partial charge in [0.15, 0.2) is 0 Å². The summed E-state index contributed by atoms with van der Waals surface area (Å²) in [6.07, 6.45) is 0. The first-order valence-electron chi connectivity index (χ1n) is 6.71. The molecule has 0 radical (unpaired) electrons. The molecule has 0 spiro atoms. The first kappa shape index (κ1) is 18.2. The van der Waals surface area contributed by atoms with Crippen LogP contribution < -0.4 is 10.5 Å². The lowest BCUT2D eigenvalue weighted by Gasteiger charge is -2.28. The van der Waals surface area contributed by atoms with Crippen LogP contribution in [-0.2, 0) is 16.6 Å². The summed E-state index contributed by atoms with van der Waals surface area (Å²) in [7, 11) is -0.731. The average molecular weight is 335 g/mol.